The van der Waals surface area contributed by atoms with E-state index in [-0.39, 0.29) is 0 Å². The van der Waals surface area contributed by atoms with Crippen molar-refractivity contribution in [2.45, 2.75) is 19.6 Å². The first-order valence-electron chi connectivity index (χ1n) is 4.90. The van der Waals surface area contributed by atoms with Crippen LogP contribution in [0.5, 0.6) is 0 Å². The van der Waals surface area contributed by atoms with Crippen LogP contribution >= 0.6 is 0 Å². The molecule has 0 bridgehead atoms. The Morgan fingerprint density at radius 2 is 1.53 bits per heavy atom. The van der Waals surface area contributed by atoms with E-state index >= 15 is 0 Å². The molecule has 1 rings (SSSR count). The van der Waals surface area contributed by atoms with Gasteiger partial charge in [-0.3, -0.25) is 0 Å². The molecular weight excluding hydrogens is 206 g/mol. The smallest absolute Gasteiger partial charge is 0.331 e. The fourth-order valence-electron chi connectivity index (χ4n) is 0.697. The SMILES string of the molecule is CO[Si](C)(C)OC.NCc1ccccc1. The lowest BCUT2D eigenvalue weighted by molar-refractivity contribution is 0.258. The summed E-state index contributed by atoms with van der Waals surface area (Å²) in [6, 6.07) is 9.99. The van der Waals surface area contributed by atoms with Crippen molar-refractivity contribution in [1.29, 1.82) is 0 Å². The Bertz CT molecular complexity index is 246. The van der Waals surface area contributed by atoms with E-state index in [9.17, 15) is 0 Å². The van der Waals surface area contributed by atoms with Crippen molar-refractivity contribution < 1.29 is 8.85 Å². The molecule has 0 saturated heterocycles. The zero-order chi connectivity index (χ0) is 11.7. The van der Waals surface area contributed by atoms with Crippen LogP contribution in [0.3, 0.4) is 0 Å². The summed E-state index contributed by atoms with van der Waals surface area (Å²) >= 11 is 0. The first-order valence-corrected chi connectivity index (χ1v) is 7.71. The first-order chi connectivity index (χ1) is 7.05. The molecule has 3 nitrogen and oxygen atoms in total. The second kappa shape index (κ2) is 7.59. The second-order valence-corrected chi connectivity index (χ2v) is 7.11. The van der Waals surface area contributed by atoms with E-state index in [1.807, 2.05) is 43.4 Å². The van der Waals surface area contributed by atoms with Gasteiger partial charge in [-0.05, 0) is 18.7 Å². The number of nitrogens with two attached hydrogens (primary N) is 1. The summed E-state index contributed by atoms with van der Waals surface area (Å²) in [5.74, 6) is 0. The van der Waals surface area contributed by atoms with E-state index in [0.29, 0.717) is 6.54 Å². The highest BCUT2D eigenvalue weighted by atomic mass is 28.4. The number of benzene rings is 1. The average Bonchev–Trinajstić information content (AvgIpc) is 2.31. The number of hydrogen-bond donors (Lipinski definition) is 1. The summed E-state index contributed by atoms with van der Waals surface area (Å²) in [6.45, 7) is 4.63. The van der Waals surface area contributed by atoms with Gasteiger partial charge in [0.1, 0.15) is 0 Å². The molecule has 0 radical (unpaired) electrons. The van der Waals surface area contributed by atoms with Crippen LogP contribution in [0.15, 0.2) is 30.3 Å². The Labute approximate surface area is 93.5 Å². The third kappa shape index (κ3) is 7.27. The van der Waals surface area contributed by atoms with Gasteiger partial charge >= 0.3 is 8.56 Å². The van der Waals surface area contributed by atoms with Crippen LogP contribution in [-0.2, 0) is 15.4 Å². The molecule has 0 aliphatic rings. The summed E-state index contributed by atoms with van der Waals surface area (Å²) in [5, 5.41) is 0. The highest BCUT2D eigenvalue weighted by Gasteiger charge is 2.19. The van der Waals surface area contributed by atoms with E-state index in [1.54, 1.807) is 14.2 Å². The first kappa shape index (κ1) is 14.3. The summed E-state index contributed by atoms with van der Waals surface area (Å²) < 4.78 is 10.0. The zero-order valence-electron chi connectivity index (χ0n) is 9.99. The molecule has 4 heteroatoms. The molecule has 0 atom stereocenters. The van der Waals surface area contributed by atoms with Crippen molar-refractivity contribution in [2.24, 2.45) is 5.73 Å². The van der Waals surface area contributed by atoms with Gasteiger partial charge in [-0.2, -0.15) is 0 Å². The monoisotopic (exact) mass is 227 g/mol. The topological polar surface area (TPSA) is 44.5 Å². The van der Waals surface area contributed by atoms with Crippen molar-refractivity contribution in [1.82, 2.24) is 0 Å². The molecule has 0 heterocycles. The van der Waals surface area contributed by atoms with Crippen LogP contribution in [0.4, 0.5) is 0 Å². The van der Waals surface area contributed by atoms with Crippen LogP contribution in [0.25, 0.3) is 0 Å². The fourth-order valence-corrected chi connectivity index (χ4v) is 0.864. The van der Waals surface area contributed by atoms with E-state index in [1.165, 1.54) is 5.56 Å². The van der Waals surface area contributed by atoms with Gasteiger partial charge < -0.3 is 14.6 Å². The van der Waals surface area contributed by atoms with Gasteiger partial charge in [-0.25, -0.2) is 0 Å². The third-order valence-corrected chi connectivity index (χ3v) is 4.03. The second-order valence-electron chi connectivity index (χ2n) is 3.50. The minimum atomic E-state index is -1.65. The lowest BCUT2D eigenvalue weighted by Crippen LogP contribution is -2.31. The summed E-state index contributed by atoms with van der Waals surface area (Å²) in [4.78, 5) is 0. The minimum absolute atomic E-state index is 0.640. The summed E-state index contributed by atoms with van der Waals surface area (Å²) in [7, 11) is 1.70. The van der Waals surface area contributed by atoms with Crippen LogP contribution in [0.1, 0.15) is 5.56 Å². The summed E-state index contributed by atoms with van der Waals surface area (Å²) in [5.41, 5.74) is 6.54. The molecule has 0 unspecified atom stereocenters. The Morgan fingerprint density at radius 3 is 1.73 bits per heavy atom. The van der Waals surface area contributed by atoms with Gasteiger partial charge in [0.25, 0.3) is 0 Å². The van der Waals surface area contributed by atoms with Crippen molar-refractivity contribution in [3.8, 4) is 0 Å². The van der Waals surface area contributed by atoms with E-state index in [4.69, 9.17) is 14.6 Å². The number of rotatable bonds is 3. The van der Waals surface area contributed by atoms with Gasteiger partial charge in [0.15, 0.2) is 0 Å². The largest absolute Gasteiger partial charge is 0.398 e. The predicted octanol–water partition coefficient (Wildman–Crippen LogP) is 2.13. The van der Waals surface area contributed by atoms with Crippen LogP contribution in [0.2, 0.25) is 13.1 Å². The lowest BCUT2D eigenvalue weighted by Gasteiger charge is -2.15. The van der Waals surface area contributed by atoms with E-state index in [0.717, 1.165) is 0 Å². The highest BCUT2D eigenvalue weighted by molar-refractivity contribution is 6.64. The Hall–Kier alpha value is -0.683. The average molecular weight is 227 g/mol. The zero-order valence-corrected chi connectivity index (χ0v) is 11.0. The molecule has 0 aliphatic carbocycles. The number of hydrogen-bond acceptors (Lipinski definition) is 3. The fraction of sp³-hybridized carbons (Fsp3) is 0.455. The maximum atomic E-state index is 5.35. The summed E-state index contributed by atoms with van der Waals surface area (Å²) in [6.07, 6.45) is 0. The van der Waals surface area contributed by atoms with E-state index in [2.05, 4.69) is 0 Å². The standard InChI is InChI=1S/C7H9N.C4H12O2Si/c8-6-7-4-2-1-3-5-7;1-5-7(3,4)6-2/h1-5H,6,8H2;1-4H3. The van der Waals surface area contributed by atoms with Crippen molar-refractivity contribution in [3.05, 3.63) is 35.9 Å². The molecule has 0 fully saturated rings. The molecule has 2 N–H and O–H groups in total. The maximum Gasteiger partial charge on any atom is 0.331 e. The molecule has 86 valence electrons. The molecule has 0 amide bonds. The van der Waals surface area contributed by atoms with Crippen molar-refractivity contribution in [3.63, 3.8) is 0 Å². The third-order valence-electron chi connectivity index (χ3n) is 2.06. The molecule has 1 aromatic rings. The Balaban J connectivity index is 0.000000265. The van der Waals surface area contributed by atoms with Gasteiger partial charge in [0, 0.05) is 20.8 Å². The minimum Gasteiger partial charge on any atom is -0.398 e. The van der Waals surface area contributed by atoms with Crippen molar-refractivity contribution >= 4 is 8.56 Å². The molecule has 0 aliphatic heterocycles. The quantitative estimate of drug-likeness (QED) is 0.805. The predicted molar refractivity (Wildman–Crippen MR) is 65.8 cm³/mol. The molecule has 0 saturated carbocycles. The van der Waals surface area contributed by atoms with Crippen LogP contribution in [-0.4, -0.2) is 22.8 Å². The molecule has 0 spiro atoms. The van der Waals surface area contributed by atoms with Crippen molar-refractivity contribution in [2.75, 3.05) is 14.2 Å². The van der Waals surface area contributed by atoms with Gasteiger partial charge in [0.2, 0.25) is 0 Å². The lowest BCUT2D eigenvalue weighted by atomic mass is 10.2. The van der Waals surface area contributed by atoms with Crippen LogP contribution in [0, 0.1) is 0 Å². The molecule has 15 heavy (non-hydrogen) atoms. The highest BCUT2D eigenvalue weighted by Crippen LogP contribution is 2.00. The molecular formula is C11H21NO2Si. The van der Waals surface area contributed by atoms with Gasteiger partial charge in [-0.15, -0.1) is 0 Å². The van der Waals surface area contributed by atoms with Gasteiger partial charge in [-0.1, -0.05) is 30.3 Å². The Morgan fingerprint density at radius 1 is 1.07 bits per heavy atom. The molecule has 1 aromatic carbocycles. The van der Waals surface area contributed by atoms with E-state index < -0.39 is 8.56 Å². The normalized spacial score (nSPS) is 10.5. The Kier molecular flexibility index (Phi) is 7.24. The molecule has 0 aromatic heterocycles. The maximum absolute atomic E-state index is 5.35. The van der Waals surface area contributed by atoms with Crippen LogP contribution < -0.4 is 5.73 Å². The van der Waals surface area contributed by atoms with Gasteiger partial charge in [0.05, 0.1) is 0 Å².